The lowest BCUT2D eigenvalue weighted by Gasteiger charge is -2.32. The Kier molecular flexibility index (Phi) is 5.48. The summed E-state index contributed by atoms with van der Waals surface area (Å²) in [7, 11) is 1.85. The summed E-state index contributed by atoms with van der Waals surface area (Å²) < 4.78 is 5.40. The number of carbonyl (C=O) groups excluding carboxylic acids is 1. The SMILES string of the molecule is CC(CC1CCCCC1)N(C)C(=O)OC(C)(C)C. The summed E-state index contributed by atoms with van der Waals surface area (Å²) in [4.78, 5) is 13.7. The first-order valence-electron chi connectivity index (χ1n) is 7.25. The van der Waals surface area contributed by atoms with Gasteiger partial charge in [-0.25, -0.2) is 4.79 Å². The molecule has 0 aliphatic heterocycles. The van der Waals surface area contributed by atoms with E-state index < -0.39 is 5.60 Å². The molecule has 0 aromatic rings. The van der Waals surface area contributed by atoms with Crippen LogP contribution in [0.5, 0.6) is 0 Å². The molecule has 0 aromatic carbocycles. The number of amides is 1. The monoisotopic (exact) mass is 255 g/mol. The van der Waals surface area contributed by atoms with Gasteiger partial charge in [-0.2, -0.15) is 0 Å². The van der Waals surface area contributed by atoms with E-state index in [9.17, 15) is 4.79 Å². The van der Waals surface area contributed by atoms with Gasteiger partial charge < -0.3 is 9.64 Å². The van der Waals surface area contributed by atoms with Crippen LogP contribution in [0.25, 0.3) is 0 Å². The van der Waals surface area contributed by atoms with Crippen molar-refractivity contribution in [2.24, 2.45) is 5.92 Å². The van der Waals surface area contributed by atoms with Crippen LogP contribution in [0.2, 0.25) is 0 Å². The third-order valence-corrected chi connectivity index (χ3v) is 3.74. The standard InChI is InChI=1S/C15H29NO2/c1-12(11-13-9-7-6-8-10-13)16(5)14(17)18-15(2,3)4/h12-13H,6-11H2,1-5H3. The van der Waals surface area contributed by atoms with Crippen molar-refractivity contribution >= 4 is 6.09 Å². The van der Waals surface area contributed by atoms with Gasteiger partial charge in [0.1, 0.15) is 5.60 Å². The highest BCUT2D eigenvalue weighted by Crippen LogP contribution is 2.28. The summed E-state index contributed by atoms with van der Waals surface area (Å²) in [5.74, 6) is 0.790. The number of hydrogen-bond acceptors (Lipinski definition) is 2. The summed E-state index contributed by atoms with van der Waals surface area (Å²) >= 11 is 0. The highest BCUT2D eigenvalue weighted by molar-refractivity contribution is 5.68. The summed E-state index contributed by atoms with van der Waals surface area (Å²) in [6.07, 6.45) is 7.65. The molecule has 3 heteroatoms. The minimum atomic E-state index is -0.407. The van der Waals surface area contributed by atoms with Crippen LogP contribution in [0, 0.1) is 5.92 Å². The Morgan fingerprint density at radius 2 is 1.83 bits per heavy atom. The predicted molar refractivity (Wildman–Crippen MR) is 74.7 cm³/mol. The third-order valence-electron chi connectivity index (χ3n) is 3.74. The molecular formula is C15H29NO2. The summed E-state index contributed by atoms with van der Waals surface area (Å²) in [6, 6.07) is 0.267. The zero-order valence-corrected chi connectivity index (χ0v) is 12.7. The number of carbonyl (C=O) groups is 1. The highest BCUT2D eigenvalue weighted by atomic mass is 16.6. The first-order chi connectivity index (χ1) is 8.29. The second-order valence-corrected chi connectivity index (χ2v) is 6.68. The largest absolute Gasteiger partial charge is 0.444 e. The normalized spacial score (nSPS) is 19.4. The molecule has 1 atom stereocenters. The molecule has 0 saturated heterocycles. The van der Waals surface area contributed by atoms with Gasteiger partial charge in [-0.15, -0.1) is 0 Å². The first-order valence-corrected chi connectivity index (χ1v) is 7.25. The molecule has 1 aliphatic carbocycles. The van der Waals surface area contributed by atoms with Gasteiger partial charge in [0.15, 0.2) is 0 Å². The Balaban J connectivity index is 2.39. The Labute approximate surface area is 112 Å². The van der Waals surface area contributed by atoms with Gasteiger partial charge in [0, 0.05) is 13.1 Å². The molecule has 0 radical (unpaired) electrons. The average molecular weight is 255 g/mol. The predicted octanol–water partition coefficient (Wildman–Crippen LogP) is 4.21. The molecule has 1 amide bonds. The van der Waals surface area contributed by atoms with Crippen LogP contribution in [0.3, 0.4) is 0 Å². The lowest BCUT2D eigenvalue weighted by atomic mass is 9.85. The Morgan fingerprint density at radius 1 is 1.28 bits per heavy atom. The van der Waals surface area contributed by atoms with E-state index in [1.807, 2.05) is 27.8 Å². The fraction of sp³-hybridized carbons (Fsp3) is 0.933. The maximum absolute atomic E-state index is 11.9. The van der Waals surface area contributed by atoms with Crippen molar-refractivity contribution in [1.29, 1.82) is 0 Å². The van der Waals surface area contributed by atoms with E-state index >= 15 is 0 Å². The molecule has 106 valence electrons. The van der Waals surface area contributed by atoms with Gasteiger partial charge >= 0.3 is 6.09 Å². The summed E-state index contributed by atoms with van der Waals surface area (Å²) in [6.45, 7) is 7.85. The molecule has 1 aliphatic rings. The van der Waals surface area contributed by atoms with Crippen molar-refractivity contribution in [2.45, 2.75) is 77.9 Å². The van der Waals surface area contributed by atoms with Crippen LogP contribution in [-0.2, 0) is 4.74 Å². The van der Waals surface area contributed by atoms with Crippen molar-refractivity contribution in [2.75, 3.05) is 7.05 Å². The van der Waals surface area contributed by atoms with Crippen LogP contribution in [0.1, 0.15) is 66.2 Å². The number of nitrogens with zero attached hydrogens (tertiary/aromatic N) is 1. The third kappa shape index (κ3) is 5.28. The van der Waals surface area contributed by atoms with Crippen LogP contribution >= 0.6 is 0 Å². The van der Waals surface area contributed by atoms with Crippen molar-refractivity contribution in [1.82, 2.24) is 4.90 Å². The van der Waals surface area contributed by atoms with Crippen molar-refractivity contribution in [3.05, 3.63) is 0 Å². The maximum atomic E-state index is 11.9. The highest BCUT2D eigenvalue weighted by Gasteiger charge is 2.25. The van der Waals surface area contributed by atoms with E-state index in [0.717, 1.165) is 12.3 Å². The van der Waals surface area contributed by atoms with E-state index in [2.05, 4.69) is 6.92 Å². The fourth-order valence-corrected chi connectivity index (χ4v) is 2.58. The van der Waals surface area contributed by atoms with E-state index in [-0.39, 0.29) is 12.1 Å². The first kappa shape index (κ1) is 15.3. The molecule has 18 heavy (non-hydrogen) atoms. The molecule has 1 fully saturated rings. The molecule has 0 bridgehead atoms. The van der Waals surface area contributed by atoms with Crippen molar-refractivity contribution in [3.8, 4) is 0 Å². The molecular weight excluding hydrogens is 226 g/mol. The van der Waals surface area contributed by atoms with Gasteiger partial charge in [0.05, 0.1) is 0 Å². The fourth-order valence-electron chi connectivity index (χ4n) is 2.58. The quantitative estimate of drug-likeness (QED) is 0.756. The van der Waals surface area contributed by atoms with Gasteiger partial charge in [-0.3, -0.25) is 0 Å². The number of rotatable bonds is 3. The second-order valence-electron chi connectivity index (χ2n) is 6.68. The molecule has 1 unspecified atom stereocenters. The Hall–Kier alpha value is -0.730. The molecule has 1 rings (SSSR count). The van der Waals surface area contributed by atoms with Gasteiger partial charge in [0.2, 0.25) is 0 Å². The van der Waals surface area contributed by atoms with Gasteiger partial charge in [-0.1, -0.05) is 32.1 Å². The zero-order valence-electron chi connectivity index (χ0n) is 12.7. The minimum Gasteiger partial charge on any atom is -0.444 e. The van der Waals surface area contributed by atoms with E-state index in [0.29, 0.717) is 0 Å². The second kappa shape index (κ2) is 6.44. The lowest BCUT2D eigenvalue weighted by molar-refractivity contribution is 0.0212. The van der Waals surface area contributed by atoms with E-state index in [1.165, 1.54) is 32.1 Å². The molecule has 1 saturated carbocycles. The minimum absolute atomic E-state index is 0.203. The lowest BCUT2D eigenvalue weighted by Crippen LogP contribution is -2.40. The van der Waals surface area contributed by atoms with Crippen LogP contribution in [-0.4, -0.2) is 29.7 Å². The number of hydrogen-bond donors (Lipinski definition) is 0. The van der Waals surface area contributed by atoms with Crippen molar-refractivity contribution in [3.63, 3.8) is 0 Å². The van der Waals surface area contributed by atoms with Gasteiger partial charge in [0.25, 0.3) is 0 Å². The summed E-state index contributed by atoms with van der Waals surface area (Å²) in [5, 5.41) is 0. The Morgan fingerprint density at radius 3 is 2.33 bits per heavy atom. The van der Waals surface area contributed by atoms with Crippen LogP contribution in [0.4, 0.5) is 4.79 Å². The van der Waals surface area contributed by atoms with Crippen LogP contribution in [0.15, 0.2) is 0 Å². The molecule has 0 spiro atoms. The molecule has 3 nitrogen and oxygen atoms in total. The average Bonchev–Trinajstić information content (AvgIpc) is 2.27. The smallest absolute Gasteiger partial charge is 0.410 e. The molecule has 0 N–H and O–H groups in total. The zero-order chi connectivity index (χ0) is 13.8. The van der Waals surface area contributed by atoms with Gasteiger partial charge in [-0.05, 0) is 40.0 Å². The Bertz CT molecular complexity index is 264. The van der Waals surface area contributed by atoms with Crippen LogP contribution < -0.4 is 0 Å². The molecule has 0 heterocycles. The summed E-state index contributed by atoms with van der Waals surface area (Å²) in [5.41, 5.74) is -0.407. The topological polar surface area (TPSA) is 29.5 Å². The maximum Gasteiger partial charge on any atom is 0.410 e. The molecule has 0 aromatic heterocycles. The van der Waals surface area contributed by atoms with E-state index in [4.69, 9.17) is 4.74 Å². The van der Waals surface area contributed by atoms with Crippen molar-refractivity contribution < 1.29 is 9.53 Å². The number of ether oxygens (including phenoxy) is 1. The van der Waals surface area contributed by atoms with E-state index in [1.54, 1.807) is 4.90 Å².